The van der Waals surface area contributed by atoms with Gasteiger partial charge in [-0.25, -0.2) is 17.9 Å². The summed E-state index contributed by atoms with van der Waals surface area (Å²) in [6.07, 6.45) is 0. The van der Waals surface area contributed by atoms with E-state index in [1.807, 2.05) is 0 Å². The van der Waals surface area contributed by atoms with E-state index in [2.05, 4.69) is 9.46 Å². The van der Waals surface area contributed by atoms with E-state index in [0.29, 0.717) is 0 Å². The van der Waals surface area contributed by atoms with E-state index in [9.17, 15) is 13.2 Å². The monoisotopic (exact) mass is 261 g/mol. The third kappa shape index (κ3) is 2.50. The van der Waals surface area contributed by atoms with Crippen molar-refractivity contribution in [1.82, 2.24) is 4.72 Å². The van der Waals surface area contributed by atoms with Crippen LogP contribution >= 0.6 is 0 Å². The molecule has 0 amide bonds. The fourth-order valence-electron chi connectivity index (χ4n) is 1.59. The lowest BCUT2D eigenvalue weighted by Crippen LogP contribution is -2.25. The molecule has 0 atom stereocenters. The third-order valence-electron chi connectivity index (χ3n) is 2.20. The molecule has 0 spiro atoms. The molecular formula is C10H15NO5S. The van der Waals surface area contributed by atoms with Crippen molar-refractivity contribution in [2.45, 2.75) is 25.7 Å². The maximum Gasteiger partial charge on any atom is 0.342 e. The van der Waals surface area contributed by atoms with Gasteiger partial charge in [0.1, 0.15) is 22.0 Å². The highest BCUT2D eigenvalue weighted by Crippen LogP contribution is 2.26. The summed E-state index contributed by atoms with van der Waals surface area (Å²) in [6, 6.07) is 0. The molecule has 0 unspecified atom stereocenters. The summed E-state index contributed by atoms with van der Waals surface area (Å²) in [5.74, 6) is -0.328. The van der Waals surface area contributed by atoms with Gasteiger partial charge in [-0.05, 0) is 13.8 Å². The van der Waals surface area contributed by atoms with Crippen LogP contribution in [0.5, 0.6) is 0 Å². The predicted molar refractivity (Wildman–Crippen MR) is 60.4 cm³/mol. The molecule has 17 heavy (non-hydrogen) atoms. The molecule has 6 nitrogen and oxygen atoms in total. The van der Waals surface area contributed by atoms with Crippen molar-refractivity contribution in [1.29, 1.82) is 0 Å². The fourth-order valence-corrected chi connectivity index (χ4v) is 3.03. The fraction of sp³-hybridized carbons (Fsp3) is 0.500. The maximum absolute atomic E-state index is 11.9. The Kier molecular flexibility index (Phi) is 3.94. The largest absolute Gasteiger partial charge is 0.465 e. The Morgan fingerprint density at radius 2 is 1.94 bits per heavy atom. The zero-order valence-electron chi connectivity index (χ0n) is 10.2. The van der Waals surface area contributed by atoms with Crippen molar-refractivity contribution in [3.8, 4) is 0 Å². The van der Waals surface area contributed by atoms with E-state index in [1.54, 1.807) is 6.92 Å². The molecule has 0 radical (unpaired) electrons. The average molecular weight is 261 g/mol. The van der Waals surface area contributed by atoms with Gasteiger partial charge in [0.15, 0.2) is 0 Å². The van der Waals surface area contributed by atoms with Crippen LogP contribution in [0.25, 0.3) is 0 Å². The zero-order valence-corrected chi connectivity index (χ0v) is 11.0. The molecule has 7 heteroatoms. The molecule has 1 rings (SSSR count). The molecular weight excluding hydrogens is 246 g/mol. The van der Waals surface area contributed by atoms with Crippen LogP contribution < -0.4 is 4.72 Å². The van der Waals surface area contributed by atoms with E-state index in [-0.39, 0.29) is 28.5 Å². The minimum Gasteiger partial charge on any atom is -0.465 e. The topological polar surface area (TPSA) is 85.6 Å². The Morgan fingerprint density at radius 1 is 1.35 bits per heavy atom. The highest BCUT2D eigenvalue weighted by Gasteiger charge is 2.30. The van der Waals surface area contributed by atoms with Crippen LogP contribution in [-0.4, -0.2) is 28.0 Å². The van der Waals surface area contributed by atoms with E-state index in [4.69, 9.17) is 4.42 Å². The van der Waals surface area contributed by atoms with Crippen molar-refractivity contribution in [3.63, 3.8) is 0 Å². The van der Waals surface area contributed by atoms with E-state index in [1.165, 1.54) is 21.0 Å². The lowest BCUT2D eigenvalue weighted by atomic mass is 10.2. The van der Waals surface area contributed by atoms with Gasteiger partial charge in [-0.2, -0.15) is 0 Å². The highest BCUT2D eigenvalue weighted by atomic mass is 32.2. The van der Waals surface area contributed by atoms with Gasteiger partial charge in [0.05, 0.1) is 7.11 Å². The minimum atomic E-state index is -3.75. The van der Waals surface area contributed by atoms with Gasteiger partial charge in [0.2, 0.25) is 10.0 Å². The van der Waals surface area contributed by atoms with Gasteiger partial charge in [0.25, 0.3) is 0 Å². The van der Waals surface area contributed by atoms with Crippen LogP contribution in [0.4, 0.5) is 0 Å². The summed E-state index contributed by atoms with van der Waals surface area (Å²) in [7, 11) is -2.56. The van der Waals surface area contributed by atoms with Gasteiger partial charge in [0, 0.05) is 6.54 Å². The van der Waals surface area contributed by atoms with Crippen LogP contribution in [0.15, 0.2) is 9.31 Å². The van der Waals surface area contributed by atoms with Crippen LogP contribution in [0, 0.1) is 13.8 Å². The van der Waals surface area contributed by atoms with Crippen molar-refractivity contribution in [2.75, 3.05) is 13.7 Å². The normalized spacial score (nSPS) is 11.5. The first-order valence-corrected chi connectivity index (χ1v) is 6.51. The Bertz CT molecular complexity index is 529. The van der Waals surface area contributed by atoms with Crippen LogP contribution in [-0.2, 0) is 14.8 Å². The van der Waals surface area contributed by atoms with Gasteiger partial charge >= 0.3 is 5.97 Å². The summed E-state index contributed by atoms with van der Waals surface area (Å²) < 4.78 is 35.9. The van der Waals surface area contributed by atoms with E-state index in [0.717, 1.165) is 0 Å². The number of carbonyl (C=O) groups is 1. The molecule has 1 heterocycles. The van der Waals surface area contributed by atoms with Crippen molar-refractivity contribution in [2.24, 2.45) is 0 Å². The van der Waals surface area contributed by atoms with Crippen molar-refractivity contribution in [3.05, 3.63) is 17.1 Å². The molecule has 0 aliphatic rings. The number of esters is 1. The van der Waals surface area contributed by atoms with E-state index >= 15 is 0 Å². The number of furan rings is 1. The zero-order chi connectivity index (χ0) is 13.2. The molecule has 0 aliphatic carbocycles. The lowest BCUT2D eigenvalue weighted by molar-refractivity contribution is 0.0595. The number of aryl methyl sites for hydroxylation is 2. The molecule has 0 bridgehead atoms. The second-order valence-electron chi connectivity index (χ2n) is 3.41. The molecule has 0 saturated heterocycles. The first-order valence-electron chi connectivity index (χ1n) is 5.03. The van der Waals surface area contributed by atoms with Gasteiger partial charge in [-0.15, -0.1) is 0 Å². The molecule has 1 aromatic rings. The number of nitrogens with one attached hydrogen (secondary N) is 1. The molecule has 0 aliphatic heterocycles. The summed E-state index contributed by atoms with van der Waals surface area (Å²) in [5, 5.41) is 0. The van der Waals surface area contributed by atoms with Gasteiger partial charge in [-0.1, -0.05) is 6.92 Å². The number of rotatable bonds is 4. The summed E-state index contributed by atoms with van der Waals surface area (Å²) in [4.78, 5) is 11.4. The second-order valence-corrected chi connectivity index (χ2v) is 5.12. The third-order valence-corrected chi connectivity index (χ3v) is 3.90. The summed E-state index contributed by atoms with van der Waals surface area (Å²) in [6.45, 7) is 4.89. The number of ether oxygens (including phenoxy) is 1. The quantitative estimate of drug-likeness (QED) is 0.816. The predicted octanol–water partition coefficient (Wildman–Crippen LogP) is 0.981. The van der Waals surface area contributed by atoms with Crippen LogP contribution in [0.1, 0.15) is 28.8 Å². The van der Waals surface area contributed by atoms with Crippen molar-refractivity contribution >= 4 is 16.0 Å². The van der Waals surface area contributed by atoms with Crippen LogP contribution in [0.3, 0.4) is 0 Å². The Balaban J connectivity index is 3.48. The molecule has 0 aromatic carbocycles. The van der Waals surface area contributed by atoms with Gasteiger partial charge < -0.3 is 9.15 Å². The Labute approximate surface area is 100 Å². The first kappa shape index (κ1) is 13.7. The standard InChI is InChI=1S/C10H15NO5S/c1-5-11-17(13,14)9-7(3)16-6(2)8(9)10(12)15-4/h11H,5H2,1-4H3. The number of sulfonamides is 1. The summed E-state index contributed by atoms with van der Waals surface area (Å²) in [5.41, 5.74) is -0.0500. The highest BCUT2D eigenvalue weighted by molar-refractivity contribution is 7.89. The Hall–Kier alpha value is -1.34. The number of carbonyl (C=O) groups excluding carboxylic acids is 1. The van der Waals surface area contributed by atoms with Crippen LogP contribution in [0.2, 0.25) is 0 Å². The molecule has 1 aromatic heterocycles. The summed E-state index contributed by atoms with van der Waals surface area (Å²) >= 11 is 0. The molecule has 1 N–H and O–H groups in total. The number of methoxy groups -OCH3 is 1. The molecule has 0 saturated carbocycles. The molecule has 0 fully saturated rings. The first-order chi connectivity index (χ1) is 7.85. The minimum absolute atomic E-state index is 0.0500. The average Bonchev–Trinajstić information content (AvgIpc) is 2.53. The molecule has 96 valence electrons. The van der Waals surface area contributed by atoms with E-state index < -0.39 is 16.0 Å². The lowest BCUT2D eigenvalue weighted by Gasteiger charge is -2.05. The van der Waals surface area contributed by atoms with Crippen molar-refractivity contribution < 1.29 is 22.4 Å². The van der Waals surface area contributed by atoms with Gasteiger partial charge in [-0.3, -0.25) is 0 Å². The Morgan fingerprint density at radius 3 is 2.41 bits per heavy atom. The maximum atomic E-state index is 11.9. The number of hydrogen-bond acceptors (Lipinski definition) is 5. The number of hydrogen-bond donors (Lipinski definition) is 1. The smallest absolute Gasteiger partial charge is 0.342 e. The SMILES string of the molecule is CCNS(=O)(=O)c1c(C)oc(C)c1C(=O)OC. The second kappa shape index (κ2) is 4.89.